The molecule has 9 aromatic rings. The Balaban J connectivity index is 1.25. The second-order valence-corrected chi connectivity index (χ2v) is 14.3. The van der Waals surface area contributed by atoms with Crippen LogP contribution in [-0.4, -0.2) is 0 Å². The molecule has 1 heteroatoms. The fourth-order valence-electron chi connectivity index (χ4n) is 9.65. The number of aryl methyl sites for hydroxylation is 1. The Hall–Kier alpha value is -6.44. The Labute approximate surface area is 304 Å². The van der Waals surface area contributed by atoms with Crippen LogP contribution in [0.15, 0.2) is 182 Å². The van der Waals surface area contributed by atoms with Gasteiger partial charge in [-0.2, -0.15) is 0 Å². The van der Waals surface area contributed by atoms with E-state index in [0.717, 1.165) is 17.8 Å². The lowest BCUT2D eigenvalue weighted by Gasteiger charge is -2.32. The summed E-state index contributed by atoms with van der Waals surface area (Å²) in [4.78, 5) is 2.51. The summed E-state index contributed by atoms with van der Waals surface area (Å²) in [6.07, 6.45) is 1.00. The molecule has 244 valence electrons. The smallest absolute Gasteiger partial charge is 0.0726 e. The molecular formula is C51H35N. The summed E-state index contributed by atoms with van der Waals surface area (Å²) in [5.74, 6) is 0. The van der Waals surface area contributed by atoms with Crippen LogP contribution in [0.3, 0.4) is 0 Å². The minimum absolute atomic E-state index is 0.408. The van der Waals surface area contributed by atoms with Gasteiger partial charge < -0.3 is 4.90 Å². The van der Waals surface area contributed by atoms with E-state index in [0.29, 0.717) is 0 Å². The summed E-state index contributed by atoms with van der Waals surface area (Å²) < 4.78 is 0. The first-order chi connectivity index (χ1) is 25.8. The standard InChI is InChI=1S/C51H35N/c1-2-33-26-28-34(29-27-33)52(49-25-13-21-44-38-15-4-3-14-36(38)37-16-5-6-20-43(37)50(44)49)35-30-31-42-41-19-9-12-24-47(41)51(48(42)32-35)45-22-10-7-17-39(45)40-18-8-11-23-46(40)51/h3-32H,2H2,1H3. The number of nitrogens with zero attached hydrogens (tertiary/aromatic N) is 1. The van der Waals surface area contributed by atoms with E-state index in [-0.39, 0.29) is 0 Å². The van der Waals surface area contributed by atoms with E-state index in [4.69, 9.17) is 0 Å². The highest BCUT2D eigenvalue weighted by Crippen LogP contribution is 2.63. The van der Waals surface area contributed by atoms with Gasteiger partial charge in [-0.15, -0.1) is 0 Å². The maximum absolute atomic E-state index is 2.51. The van der Waals surface area contributed by atoms with Crippen molar-refractivity contribution in [2.45, 2.75) is 18.8 Å². The van der Waals surface area contributed by atoms with Gasteiger partial charge in [0.2, 0.25) is 0 Å². The molecule has 52 heavy (non-hydrogen) atoms. The van der Waals surface area contributed by atoms with Crippen LogP contribution >= 0.6 is 0 Å². The molecule has 11 rings (SSSR count). The highest BCUT2D eigenvalue weighted by atomic mass is 15.1. The molecular weight excluding hydrogens is 627 g/mol. The summed E-state index contributed by atoms with van der Waals surface area (Å²) in [5, 5.41) is 7.66. The van der Waals surface area contributed by atoms with E-state index >= 15 is 0 Å². The first kappa shape index (κ1) is 29.3. The highest BCUT2D eigenvalue weighted by Gasteiger charge is 2.51. The zero-order chi connectivity index (χ0) is 34.4. The van der Waals surface area contributed by atoms with Crippen molar-refractivity contribution in [2.24, 2.45) is 0 Å². The predicted molar refractivity (Wildman–Crippen MR) is 219 cm³/mol. The Morgan fingerprint density at radius 1 is 0.385 bits per heavy atom. The van der Waals surface area contributed by atoms with Gasteiger partial charge >= 0.3 is 0 Å². The molecule has 0 aliphatic heterocycles. The Morgan fingerprint density at radius 3 is 1.38 bits per heavy atom. The lowest BCUT2D eigenvalue weighted by atomic mass is 9.70. The van der Waals surface area contributed by atoms with E-state index in [1.165, 1.54) is 88.1 Å². The topological polar surface area (TPSA) is 3.24 Å². The molecule has 0 N–H and O–H groups in total. The largest absolute Gasteiger partial charge is 0.310 e. The lowest BCUT2D eigenvalue weighted by Crippen LogP contribution is -2.26. The molecule has 0 unspecified atom stereocenters. The predicted octanol–water partition coefficient (Wildman–Crippen LogP) is 13.5. The van der Waals surface area contributed by atoms with Gasteiger partial charge in [-0.25, -0.2) is 0 Å². The van der Waals surface area contributed by atoms with Crippen LogP contribution in [-0.2, 0) is 11.8 Å². The molecule has 0 aromatic heterocycles. The molecule has 1 nitrogen and oxygen atoms in total. The van der Waals surface area contributed by atoms with E-state index in [1.54, 1.807) is 0 Å². The summed E-state index contributed by atoms with van der Waals surface area (Å²) in [6.45, 7) is 2.23. The molecule has 9 aromatic carbocycles. The molecule has 0 atom stereocenters. The minimum atomic E-state index is -0.408. The third kappa shape index (κ3) is 3.83. The van der Waals surface area contributed by atoms with Crippen molar-refractivity contribution in [3.63, 3.8) is 0 Å². The molecule has 2 aliphatic rings. The van der Waals surface area contributed by atoms with Crippen molar-refractivity contribution in [1.29, 1.82) is 0 Å². The second kappa shape index (κ2) is 11.0. The van der Waals surface area contributed by atoms with Crippen LogP contribution in [0.5, 0.6) is 0 Å². The highest BCUT2D eigenvalue weighted by molar-refractivity contribution is 6.28. The van der Waals surface area contributed by atoms with Crippen molar-refractivity contribution >= 4 is 49.4 Å². The van der Waals surface area contributed by atoms with E-state index in [1.807, 2.05) is 0 Å². The van der Waals surface area contributed by atoms with Gasteiger partial charge in [-0.05, 0) is 114 Å². The zero-order valence-corrected chi connectivity index (χ0v) is 29.0. The summed E-state index contributed by atoms with van der Waals surface area (Å²) in [6, 6.07) is 68.2. The number of benzene rings is 9. The Bertz CT molecular complexity index is 2790. The number of fused-ring (bicyclic) bond motifs is 16. The number of hydrogen-bond acceptors (Lipinski definition) is 1. The molecule has 0 fully saturated rings. The molecule has 2 aliphatic carbocycles. The van der Waals surface area contributed by atoms with Crippen LogP contribution in [0, 0.1) is 0 Å². The van der Waals surface area contributed by atoms with Gasteiger partial charge in [0.25, 0.3) is 0 Å². The summed E-state index contributed by atoms with van der Waals surface area (Å²) >= 11 is 0. The molecule has 1 spiro atoms. The summed E-state index contributed by atoms with van der Waals surface area (Å²) in [7, 11) is 0. The van der Waals surface area contributed by atoms with Crippen molar-refractivity contribution in [3.05, 3.63) is 210 Å². The monoisotopic (exact) mass is 661 g/mol. The average Bonchev–Trinajstić information content (AvgIpc) is 3.68. The maximum Gasteiger partial charge on any atom is 0.0726 e. The third-order valence-electron chi connectivity index (χ3n) is 11.8. The fourth-order valence-corrected chi connectivity index (χ4v) is 9.65. The van der Waals surface area contributed by atoms with Gasteiger partial charge in [-0.3, -0.25) is 0 Å². The number of hydrogen-bond donors (Lipinski definition) is 0. The van der Waals surface area contributed by atoms with Crippen LogP contribution in [0.4, 0.5) is 17.1 Å². The Kier molecular flexibility index (Phi) is 6.22. The quantitative estimate of drug-likeness (QED) is 0.170. The molecule has 0 saturated heterocycles. The number of rotatable bonds is 4. The average molecular weight is 662 g/mol. The second-order valence-electron chi connectivity index (χ2n) is 14.3. The first-order valence-corrected chi connectivity index (χ1v) is 18.4. The molecule has 0 amide bonds. The first-order valence-electron chi connectivity index (χ1n) is 18.4. The van der Waals surface area contributed by atoms with Crippen LogP contribution in [0.2, 0.25) is 0 Å². The number of anilines is 3. The zero-order valence-electron chi connectivity index (χ0n) is 29.0. The van der Waals surface area contributed by atoms with E-state index in [2.05, 4.69) is 194 Å². The normalized spacial score (nSPS) is 13.3. The van der Waals surface area contributed by atoms with Gasteiger partial charge in [0, 0.05) is 16.8 Å². The van der Waals surface area contributed by atoms with Crippen molar-refractivity contribution in [1.82, 2.24) is 0 Å². The van der Waals surface area contributed by atoms with Gasteiger partial charge in [0.05, 0.1) is 11.1 Å². The van der Waals surface area contributed by atoms with Gasteiger partial charge in [0.15, 0.2) is 0 Å². The fraction of sp³-hybridized carbons (Fsp3) is 0.0588. The van der Waals surface area contributed by atoms with Gasteiger partial charge in [0.1, 0.15) is 0 Å². The van der Waals surface area contributed by atoms with Crippen LogP contribution in [0.25, 0.3) is 54.6 Å². The lowest BCUT2D eigenvalue weighted by molar-refractivity contribution is 0.793. The molecule has 0 radical (unpaired) electrons. The van der Waals surface area contributed by atoms with Crippen LogP contribution < -0.4 is 4.90 Å². The SMILES string of the molecule is CCc1ccc(N(c2ccc3c(c2)C2(c4ccccc4-c4ccccc42)c2ccccc2-3)c2cccc3c4ccccc4c4ccccc4c23)cc1. The third-order valence-corrected chi connectivity index (χ3v) is 11.8. The maximum atomic E-state index is 2.51. The van der Waals surface area contributed by atoms with E-state index in [9.17, 15) is 0 Å². The molecule has 0 saturated carbocycles. The van der Waals surface area contributed by atoms with Crippen molar-refractivity contribution in [2.75, 3.05) is 4.90 Å². The summed E-state index contributed by atoms with van der Waals surface area (Å²) in [5.41, 5.74) is 15.1. The molecule has 0 heterocycles. The Morgan fingerprint density at radius 2 is 0.827 bits per heavy atom. The molecule has 0 bridgehead atoms. The minimum Gasteiger partial charge on any atom is -0.310 e. The van der Waals surface area contributed by atoms with Crippen molar-refractivity contribution < 1.29 is 0 Å². The van der Waals surface area contributed by atoms with E-state index < -0.39 is 5.41 Å². The van der Waals surface area contributed by atoms with Crippen LogP contribution in [0.1, 0.15) is 34.7 Å². The van der Waals surface area contributed by atoms with Crippen molar-refractivity contribution in [3.8, 4) is 22.3 Å². The van der Waals surface area contributed by atoms with Gasteiger partial charge in [-0.1, -0.05) is 159 Å².